The fourth-order valence-corrected chi connectivity index (χ4v) is 4.18. The zero-order valence-corrected chi connectivity index (χ0v) is 21.9. The molecular weight excluding hydrogens is 540 g/mol. The summed E-state index contributed by atoms with van der Waals surface area (Å²) in [6, 6.07) is 12.2. The number of aromatic nitrogens is 2. The van der Waals surface area contributed by atoms with Crippen LogP contribution in [0.3, 0.4) is 0 Å². The van der Waals surface area contributed by atoms with Gasteiger partial charge in [-0.3, -0.25) is 9.52 Å². The number of rotatable bonds is 10. The normalized spacial score (nSPS) is 11.1. The Morgan fingerprint density at radius 3 is 2.37 bits per heavy atom. The lowest BCUT2D eigenvalue weighted by Gasteiger charge is -2.14. The predicted molar refractivity (Wildman–Crippen MR) is 135 cm³/mol. The highest BCUT2D eigenvalue weighted by Gasteiger charge is 2.18. The van der Waals surface area contributed by atoms with Gasteiger partial charge in [-0.25, -0.2) is 8.42 Å². The van der Waals surface area contributed by atoms with E-state index in [1.54, 1.807) is 18.2 Å². The average molecular weight is 565 g/mol. The van der Waals surface area contributed by atoms with Crippen molar-refractivity contribution < 1.29 is 27.4 Å². The van der Waals surface area contributed by atoms with Crippen LogP contribution in [0.5, 0.6) is 17.6 Å². The number of ether oxygens (including phenoxy) is 3. The number of nitrogens with one attached hydrogen (secondary N) is 2. The SMILES string of the molecule is COc1cc(NS(=O)(=O)c2ccc(NC(=O)c3cc(Br)ccc3OCC(C)C)cc2)nc(OC)n1. The molecule has 0 saturated carbocycles. The van der Waals surface area contributed by atoms with Crippen molar-refractivity contribution in [3.8, 4) is 17.6 Å². The lowest BCUT2D eigenvalue weighted by molar-refractivity contribution is 0.102. The molecule has 186 valence electrons. The van der Waals surface area contributed by atoms with E-state index in [-0.39, 0.29) is 28.5 Å². The van der Waals surface area contributed by atoms with Gasteiger partial charge in [0, 0.05) is 16.2 Å². The Hall–Kier alpha value is -3.38. The lowest BCUT2D eigenvalue weighted by atomic mass is 10.1. The molecule has 0 radical (unpaired) electrons. The summed E-state index contributed by atoms with van der Waals surface area (Å²) in [5, 5.41) is 2.76. The minimum Gasteiger partial charge on any atom is -0.492 e. The number of anilines is 2. The van der Waals surface area contributed by atoms with E-state index in [4.69, 9.17) is 14.2 Å². The topological polar surface area (TPSA) is 129 Å². The third-order valence-corrected chi connectivity index (χ3v) is 6.36. The second-order valence-corrected chi connectivity index (χ2v) is 10.3. The molecule has 10 nitrogen and oxygen atoms in total. The zero-order chi connectivity index (χ0) is 25.6. The highest BCUT2D eigenvalue weighted by molar-refractivity contribution is 9.10. The molecule has 12 heteroatoms. The Bertz CT molecular complexity index is 1280. The molecule has 0 saturated heterocycles. The van der Waals surface area contributed by atoms with Crippen LogP contribution >= 0.6 is 15.9 Å². The van der Waals surface area contributed by atoms with Crippen molar-refractivity contribution in [1.82, 2.24) is 9.97 Å². The molecule has 0 atom stereocenters. The zero-order valence-electron chi connectivity index (χ0n) is 19.5. The summed E-state index contributed by atoms with van der Waals surface area (Å²) in [7, 11) is -1.23. The lowest BCUT2D eigenvalue weighted by Crippen LogP contribution is -2.16. The van der Waals surface area contributed by atoms with Gasteiger partial charge in [-0.15, -0.1) is 0 Å². The van der Waals surface area contributed by atoms with Crippen molar-refractivity contribution >= 4 is 43.4 Å². The molecule has 0 aliphatic rings. The minimum atomic E-state index is -3.98. The molecule has 2 aromatic carbocycles. The first-order valence-electron chi connectivity index (χ1n) is 10.4. The number of methoxy groups -OCH3 is 2. The molecule has 3 aromatic rings. The van der Waals surface area contributed by atoms with Gasteiger partial charge in [-0.1, -0.05) is 29.8 Å². The van der Waals surface area contributed by atoms with E-state index < -0.39 is 10.0 Å². The highest BCUT2D eigenvalue weighted by Crippen LogP contribution is 2.26. The Morgan fingerprint density at radius 1 is 1.03 bits per heavy atom. The second kappa shape index (κ2) is 11.4. The highest BCUT2D eigenvalue weighted by atomic mass is 79.9. The summed E-state index contributed by atoms with van der Waals surface area (Å²) in [6.07, 6.45) is 0. The smallest absolute Gasteiger partial charge is 0.321 e. The molecular formula is C23H25BrN4O6S. The standard InChI is InChI=1S/C23H25BrN4O6S/c1-14(2)13-34-19-10-5-15(24)11-18(19)22(29)25-16-6-8-17(9-7-16)35(30,31)28-20-12-21(32-3)27-23(26-20)33-4/h5-12,14H,13H2,1-4H3,(H,25,29)(H,26,27,28). The van der Waals surface area contributed by atoms with Crippen LogP contribution in [0.25, 0.3) is 0 Å². The fourth-order valence-electron chi connectivity index (χ4n) is 2.83. The molecule has 35 heavy (non-hydrogen) atoms. The Labute approximate surface area is 212 Å². The monoisotopic (exact) mass is 564 g/mol. The van der Waals surface area contributed by atoms with E-state index in [9.17, 15) is 13.2 Å². The van der Waals surface area contributed by atoms with Gasteiger partial charge in [0.05, 0.1) is 31.3 Å². The molecule has 2 N–H and O–H groups in total. The molecule has 0 aliphatic carbocycles. The van der Waals surface area contributed by atoms with Crippen molar-refractivity contribution in [3.63, 3.8) is 0 Å². The number of carbonyl (C=O) groups is 1. The van der Waals surface area contributed by atoms with Gasteiger partial charge in [-0.05, 0) is 48.4 Å². The third-order valence-electron chi connectivity index (χ3n) is 4.49. The van der Waals surface area contributed by atoms with Crippen LogP contribution < -0.4 is 24.2 Å². The number of carbonyl (C=O) groups excluding carboxylic acids is 1. The number of halogens is 1. The molecule has 0 spiro atoms. The summed E-state index contributed by atoms with van der Waals surface area (Å²) in [6.45, 7) is 4.49. The van der Waals surface area contributed by atoms with Gasteiger partial charge in [0.1, 0.15) is 5.75 Å². The average Bonchev–Trinajstić information content (AvgIpc) is 2.82. The maximum Gasteiger partial charge on any atom is 0.321 e. The molecule has 3 rings (SSSR count). The van der Waals surface area contributed by atoms with Crippen LogP contribution in [-0.4, -0.2) is 45.1 Å². The van der Waals surface area contributed by atoms with Crippen LogP contribution in [0.2, 0.25) is 0 Å². The van der Waals surface area contributed by atoms with Crippen molar-refractivity contribution in [3.05, 3.63) is 58.6 Å². The van der Waals surface area contributed by atoms with Crippen LogP contribution in [0.1, 0.15) is 24.2 Å². The first kappa shape index (κ1) is 26.2. The number of nitrogens with zero attached hydrogens (tertiary/aromatic N) is 2. The van der Waals surface area contributed by atoms with Crippen LogP contribution in [-0.2, 0) is 10.0 Å². The fraction of sp³-hybridized carbons (Fsp3) is 0.261. The van der Waals surface area contributed by atoms with Gasteiger partial charge in [0.2, 0.25) is 5.88 Å². The summed E-state index contributed by atoms with van der Waals surface area (Å²) < 4.78 is 44.5. The van der Waals surface area contributed by atoms with Crippen LogP contribution in [0.15, 0.2) is 57.9 Å². The molecule has 0 bridgehead atoms. The molecule has 0 aliphatic heterocycles. The van der Waals surface area contributed by atoms with E-state index in [1.807, 2.05) is 13.8 Å². The maximum absolute atomic E-state index is 12.9. The van der Waals surface area contributed by atoms with Gasteiger partial charge in [0.15, 0.2) is 5.82 Å². The Morgan fingerprint density at radius 2 is 1.74 bits per heavy atom. The minimum absolute atomic E-state index is 0.0188. The Balaban J connectivity index is 1.76. The van der Waals surface area contributed by atoms with Crippen molar-refractivity contribution in [2.24, 2.45) is 5.92 Å². The van der Waals surface area contributed by atoms with Crippen molar-refractivity contribution in [2.45, 2.75) is 18.7 Å². The summed E-state index contributed by atoms with van der Waals surface area (Å²) in [5.74, 6) is 0.478. The van der Waals surface area contributed by atoms with E-state index in [2.05, 4.69) is 35.9 Å². The van der Waals surface area contributed by atoms with Crippen molar-refractivity contribution in [1.29, 1.82) is 0 Å². The predicted octanol–water partition coefficient (Wildman–Crippen LogP) is 4.34. The van der Waals surface area contributed by atoms with Crippen LogP contribution in [0, 0.1) is 5.92 Å². The van der Waals surface area contributed by atoms with E-state index in [1.165, 1.54) is 44.6 Å². The van der Waals surface area contributed by atoms with Gasteiger partial charge >= 0.3 is 6.01 Å². The van der Waals surface area contributed by atoms with Gasteiger partial charge in [0.25, 0.3) is 15.9 Å². The summed E-state index contributed by atoms with van der Waals surface area (Å²) in [5.41, 5.74) is 0.763. The van der Waals surface area contributed by atoms with Gasteiger partial charge < -0.3 is 19.5 Å². The van der Waals surface area contributed by atoms with Crippen molar-refractivity contribution in [2.75, 3.05) is 30.9 Å². The van der Waals surface area contributed by atoms with E-state index in [0.29, 0.717) is 29.5 Å². The first-order valence-corrected chi connectivity index (χ1v) is 12.7. The van der Waals surface area contributed by atoms with Gasteiger partial charge in [-0.2, -0.15) is 9.97 Å². The second-order valence-electron chi connectivity index (χ2n) is 7.71. The first-order chi connectivity index (χ1) is 16.6. The number of hydrogen-bond acceptors (Lipinski definition) is 8. The molecule has 0 fully saturated rings. The number of sulfonamides is 1. The third kappa shape index (κ3) is 7.06. The molecule has 0 unspecified atom stereocenters. The summed E-state index contributed by atoms with van der Waals surface area (Å²) >= 11 is 3.37. The maximum atomic E-state index is 12.9. The molecule has 1 heterocycles. The molecule has 1 aromatic heterocycles. The van der Waals surface area contributed by atoms with E-state index >= 15 is 0 Å². The Kier molecular flexibility index (Phi) is 8.52. The number of hydrogen-bond donors (Lipinski definition) is 2. The van der Waals surface area contributed by atoms with E-state index in [0.717, 1.165) is 4.47 Å². The summed E-state index contributed by atoms with van der Waals surface area (Å²) in [4.78, 5) is 20.8. The molecule has 1 amide bonds. The largest absolute Gasteiger partial charge is 0.492 e. The number of benzene rings is 2. The quantitative estimate of drug-likeness (QED) is 0.372. The van der Waals surface area contributed by atoms with Crippen LogP contribution in [0.4, 0.5) is 11.5 Å². The number of amides is 1.